The van der Waals surface area contributed by atoms with Crippen molar-refractivity contribution in [2.24, 2.45) is 0 Å². The molecule has 0 saturated carbocycles. The summed E-state index contributed by atoms with van der Waals surface area (Å²) in [5.41, 5.74) is 3.79. The molecule has 0 saturated heterocycles. The number of carbonyl (C=O) groups excluding carboxylic acids is 1. The molecule has 2 heterocycles. The predicted molar refractivity (Wildman–Crippen MR) is 119 cm³/mol. The largest absolute Gasteiger partial charge is 0.468 e. The maximum Gasteiger partial charge on any atom is 0.244 e. The summed E-state index contributed by atoms with van der Waals surface area (Å²) in [6, 6.07) is 11.5. The van der Waals surface area contributed by atoms with Gasteiger partial charge in [-0.2, -0.15) is 5.10 Å². The Labute approximate surface area is 182 Å². The van der Waals surface area contributed by atoms with E-state index in [-0.39, 0.29) is 11.9 Å². The lowest BCUT2D eigenvalue weighted by molar-refractivity contribution is -0.116. The van der Waals surface area contributed by atoms with E-state index in [1.807, 2.05) is 80.0 Å². The first-order valence-corrected chi connectivity index (χ1v) is 10.2. The highest BCUT2D eigenvalue weighted by molar-refractivity contribution is 6.31. The second kappa shape index (κ2) is 9.78. The van der Waals surface area contributed by atoms with Crippen LogP contribution in [0.15, 0.2) is 53.2 Å². The number of halogens is 1. The van der Waals surface area contributed by atoms with Gasteiger partial charge >= 0.3 is 0 Å². The number of aryl methyl sites for hydroxylation is 1. The van der Waals surface area contributed by atoms with Crippen LogP contribution in [-0.4, -0.2) is 41.2 Å². The van der Waals surface area contributed by atoms with Crippen LogP contribution in [0.25, 0.3) is 6.08 Å². The number of benzene rings is 1. The number of hydrogen-bond donors (Lipinski definition) is 1. The molecule has 0 aliphatic carbocycles. The number of nitrogens with one attached hydrogen (secondary N) is 1. The Balaban J connectivity index is 1.66. The van der Waals surface area contributed by atoms with Crippen LogP contribution in [-0.2, 0) is 11.3 Å². The van der Waals surface area contributed by atoms with Gasteiger partial charge in [-0.05, 0) is 57.8 Å². The van der Waals surface area contributed by atoms with Crippen molar-refractivity contribution in [3.05, 3.63) is 82.0 Å². The van der Waals surface area contributed by atoms with Gasteiger partial charge in [0, 0.05) is 28.9 Å². The van der Waals surface area contributed by atoms with E-state index in [2.05, 4.69) is 10.4 Å². The highest BCUT2D eigenvalue weighted by atomic mass is 35.5. The molecule has 1 unspecified atom stereocenters. The molecule has 2 aromatic heterocycles. The molecule has 7 heteroatoms. The Hall–Kier alpha value is -2.83. The van der Waals surface area contributed by atoms with E-state index in [1.165, 1.54) is 0 Å². The summed E-state index contributed by atoms with van der Waals surface area (Å²) in [7, 11) is 3.91. The van der Waals surface area contributed by atoms with Crippen LogP contribution in [0.3, 0.4) is 0 Å². The predicted octanol–water partition coefficient (Wildman–Crippen LogP) is 4.23. The third-order valence-corrected chi connectivity index (χ3v) is 5.45. The average Bonchev–Trinajstić information content (AvgIpc) is 3.31. The van der Waals surface area contributed by atoms with Crippen molar-refractivity contribution in [2.75, 3.05) is 20.6 Å². The van der Waals surface area contributed by atoms with Gasteiger partial charge in [-0.25, -0.2) is 0 Å². The van der Waals surface area contributed by atoms with Crippen LogP contribution in [0.5, 0.6) is 0 Å². The molecule has 1 atom stereocenters. The van der Waals surface area contributed by atoms with E-state index < -0.39 is 0 Å². The Morgan fingerprint density at radius 1 is 1.27 bits per heavy atom. The summed E-state index contributed by atoms with van der Waals surface area (Å²) in [6.45, 7) is 4.97. The molecule has 1 aromatic carbocycles. The number of hydrogen-bond acceptors (Lipinski definition) is 4. The fraction of sp³-hybridized carbons (Fsp3) is 0.304. The molecule has 0 fully saturated rings. The van der Waals surface area contributed by atoms with Gasteiger partial charge in [0.25, 0.3) is 0 Å². The molecule has 0 bridgehead atoms. The van der Waals surface area contributed by atoms with Crippen molar-refractivity contribution in [1.82, 2.24) is 20.0 Å². The van der Waals surface area contributed by atoms with E-state index in [9.17, 15) is 4.79 Å². The molecule has 1 amide bonds. The smallest absolute Gasteiger partial charge is 0.244 e. The quantitative estimate of drug-likeness (QED) is 0.547. The minimum atomic E-state index is -0.161. The fourth-order valence-electron chi connectivity index (χ4n) is 3.33. The molecule has 158 valence electrons. The van der Waals surface area contributed by atoms with Gasteiger partial charge in [0.05, 0.1) is 24.5 Å². The van der Waals surface area contributed by atoms with E-state index in [1.54, 1.807) is 12.3 Å². The van der Waals surface area contributed by atoms with Crippen LogP contribution < -0.4 is 5.32 Å². The summed E-state index contributed by atoms with van der Waals surface area (Å²) in [5, 5.41) is 8.27. The molecular formula is C23H27ClN4O2. The lowest BCUT2D eigenvalue weighted by Crippen LogP contribution is -2.33. The van der Waals surface area contributed by atoms with Crippen molar-refractivity contribution in [3.8, 4) is 0 Å². The van der Waals surface area contributed by atoms with E-state index >= 15 is 0 Å². The zero-order valence-electron chi connectivity index (χ0n) is 17.7. The summed E-state index contributed by atoms with van der Waals surface area (Å²) >= 11 is 6.28. The molecule has 1 N–H and O–H groups in total. The maximum absolute atomic E-state index is 12.4. The van der Waals surface area contributed by atoms with Crippen molar-refractivity contribution in [2.45, 2.75) is 26.4 Å². The topological polar surface area (TPSA) is 63.3 Å². The number of nitrogens with zero attached hydrogens (tertiary/aromatic N) is 3. The molecule has 0 aliphatic heterocycles. The van der Waals surface area contributed by atoms with E-state index in [4.69, 9.17) is 16.0 Å². The molecule has 6 nitrogen and oxygen atoms in total. The Kier molecular flexibility index (Phi) is 7.13. The van der Waals surface area contributed by atoms with Gasteiger partial charge in [-0.15, -0.1) is 0 Å². The SMILES string of the molecule is Cc1nn(Cc2ccccc2Cl)c(C)c1/C=C/C(=O)NCC(c1ccco1)N(C)C. The Morgan fingerprint density at radius 3 is 2.70 bits per heavy atom. The molecule has 30 heavy (non-hydrogen) atoms. The van der Waals surface area contributed by atoms with Gasteiger partial charge in [-0.3, -0.25) is 14.4 Å². The molecular weight excluding hydrogens is 400 g/mol. The van der Waals surface area contributed by atoms with Crippen LogP contribution >= 0.6 is 11.6 Å². The standard InChI is InChI=1S/C23H27ClN4O2/c1-16-19(17(2)28(26-16)15-18-8-5-6-9-20(18)24)11-12-23(29)25-14-21(27(3)4)22-10-7-13-30-22/h5-13,21H,14-15H2,1-4H3,(H,25,29)/b12-11+. The van der Waals surface area contributed by atoms with Gasteiger partial charge in [0.1, 0.15) is 5.76 Å². The second-order valence-electron chi connectivity index (χ2n) is 7.41. The van der Waals surface area contributed by atoms with Gasteiger partial charge in [0.15, 0.2) is 0 Å². The minimum absolute atomic E-state index is 0.0285. The second-order valence-corrected chi connectivity index (χ2v) is 7.81. The Bertz CT molecular complexity index is 1020. The summed E-state index contributed by atoms with van der Waals surface area (Å²) in [6.07, 6.45) is 5.00. The monoisotopic (exact) mass is 426 g/mol. The zero-order valence-corrected chi connectivity index (χ0v) is 18.5. The highest BCUT2D eigenvalue weighted by Crippen LogP contribution is 2.20. The number of amides is 1. The van der Waals surface area contributed by atoms with Gasteiger partial charge in [0.2, 0.25) is 5.91 Å². The zero-order chi connectivity index (χ0) is 21.7. The van der Waals surface area contributed by atoms with Crippen molar-refractivity contribution in [3.63, 3.8) is 0 Å². The number of likely N-dealkylation sites (N-methyl/N-ethyl adjacent to an activating group) is 1. The van der Waals surface area contributed by atoms with Gasteiger partial charge < -0.3 is 9.73 Å². The summed E-state index contributed by atoms with van der Waals surface area (Å²) in [5.74, 6) is 0.655. The minimum Gasteiger partial charge on any atom is -0.468 e. The summed E-state index contributed by atoms with van der Waals surface area (Å²) in [4.78, 5) is 14.4. The third kappa shape index (κ3) is 5.20. The fourth-order valence-corrected chi connectivity index (χ4v) is 3.52. The van der Waals surface area contributed by atoms with Crippen LogP contribution in [0.2, 0.25) is 5.02 Å². The third-order valence-electron chi connectivity index (χ3n) is 5.08. The van der Waals surface area contributed by atoms with Crippen molar-refractivity contribution < 1.29 is 9.21 Å². The lowest BCUT2D eigenvalue weighted by atomic mass is 10.1. The first-order valence-electron chi connectivity index (χ1n) is 9.80. The molecule has 3 aromatic rings. The number of aromatic nitrogens is 2. The van der Waals surface area contributed by atoms with Crippen molar-refractivity contribution in [1.29, 1.82) is 0 Å². The first-order chi connectivity index (χ1) is 14.4. The average molecular weight is 427 g/mol. The summed E-state index contributed by atoms with van der Waals surface area (Å²) < 4.78 is 7.39. The molecule has 0 aliphatic rings. The highest BCUT2D eigenvalue weighted by Gasteiger charge is 2.17. The first kappa shape index (κ1) is 21.9. The van der Waals surface area contributed by atoms with Crippen LogP contribution in [0.1, 0.15) is 34.3 Å². The number of carbonyl (C=O) groups is 1. The van der Waals surface area contributed by atoms with Crippen molar-refractivity contribution >= 4 is 23.6 Å². The van der Waals surface area contributed by atoms with Crippen LogP contribution in [0.4, 0.5) is 0 Å². The normalized spacial score (nSPS) is 12.6. The Morgan fingerprint density at radius 2 is 2.03 bits per heavy atom. The maximum atomic E-state index is 12.4. The molecule has 3 rings (SSSR count). The van der Waals surface area contributed by atoms with Gasteiger partial charge in [-0.1, -0.05) is 29.8 Å². The van der Waals surface area contributed by atoms with E-state index in [0.29, 0.717) is 18.1 Å². The number of rotatable bonds is 8. The van der Waals surface area contributed by atoms with Crippen LogP contribution in [0, 0.1) is 13.8 Å². The van der Waals surface area contributed by atoms with E-state index in [0.717, 1.165) is 28.3 Å². The lowest BCUT2D eigenvalue weighted by Gasteiger charge is -2.22. The number of furan rings is 1. The molecule has 0 radical (unpaired) electrons. The molecule has 0 spiro atoms.